The fraction of sp³-hybridized carbons (Fsp3) is 0.640. The predicted molar refractivity (Wildman–Crippen MR) is 131 cm³/mol. The molecule has 3 atom stereocenters. The minimum Gasteiger partial charge on any atom is -0.347 e. The molecule has 1 N–H and O–H groups in total. The second-order valence-electron chi connectivity index (χ2n) is 10.2. The number of alkyl halides is 3. The lowest BCUT2D eigenvalue weighted by molar-refractivity contribution is -0.142. The monoisotopic (exact) mass is 573 g/mol. The van der Waals surface area contributed by atoms with Gasteiger partial charge in [0.05, 0.1) is 29.5 Å². The average molecular weight is 574 g/mol. The summed E-state index contributed by atoms with van der Waals surface area (Å²) in [6, 6.07) is 2.48. The highest BCUT2D eigenvalue weighted by molar-refractivity contribution is 7.86. The van der Waals surface area contributed by atoms with Gasteiger partial charge in [0, 0.05) is 38.3 Å². The fourth-order valence-electron chi connectivity index (χ4n) is 5.42. The Morgan fingerprint density at radius 3 is 2.44 bits per heavy atom. The number of piperidine rings is 1. The highest BCUT2D eigenvalue weighted by Gasteiger charge is 2.44. The third-order valence-electron chi connectivity index (χ3n) is 7.68. The first kappa shape index (κ1) is 29.2. The van der Waals surface area contributed by atoms with Crippen LogP contribution in [0.4, 0.5) is 17.6 Å². The highest BCUT2D eigenvalue weighted by atomic mass is 32.2. The van der Waals surface area contributed by atoms with Crippen molar-refractivity contribution in [1.29, 1.82) is 5.26 Å². The van der Waals surface area contributed by atoms with Gasteiger partial charge in [-0.15, -0.1) is 0 Å². The van der Waals surface area contributed by atoms with Crippen LogP contribution in [0.15, 0.2) is 18.2 Å². The number of nitrogens with one attached hydrogen (secondary N) is 1. The van der Waals surface area contributed by atoms with Crippen LogP contribution in [0.2, 0.25) is 0 Å². The summed E-state index contributed by atoms with van der Waals surface area (Å²) in [7, 11) is -3.79. The van der Waals surface area contributed by atoms with E-state index in [2.05, 4.69) is 5.32 Å². The molecule has 1 aromatic carbocycles. The first-order chi connectivity index (χ1) is 18.4. The Labute approximate surface area is 224 Å². The molecule has 0 spiro atoms. The van der Waals surface area contributed by atoms with Crippen LogP contribution in [0, 0.1) is 29.0 Å². The number of rotatable bonds is 7. The molecule has 3 saturated heterocycles. The van der Waals surface area contributed by atoms with Crippen LogP contribution in [-0.4, -0.2) is 72.5 Å². The molecule has 14 heteroatoms. The van der Waals surface area contributed by atoms with E-state index in [1.807, 2.05) is 6.07 Å². The molecule has 39 heavy (non-hydrogen) atoms. The third-order valence-corrected chi connectivity index (χ3v) is 9.62. The quantitative estimate of drug-likeness (QED) is 0.504. The zero-order valence-electron chi connectivity index (χ0n) is 21.5. The molecule has 0 unspecified atom stereocenters. The van der Waals surface area contributed by atoms with Crippen LogP contribution in [0.25, 0.3) is 0 Å². The zero-order valence-corrected chi connectivity index (χ0v) is 22.3. The van der Waals surface area contributed by atoms with E-state index >= 15 is 0 Å². The van der Waals surface area contributed by atoms with Crippen molar-refractivity contribution in [3.05, 3.63) is 35.1 Å². The summed E-state index contributed by atoms with van der Waals surface area (Å²) in [5.74, 6) is -2.92. The number of halogens is 4. The van der Waals surface area contributed by atoms with Crippen LogP contribution in [-0.2, 0) is 26.0 Å². The Hall–Kier alpha value is -2.76. The number of hydrogen-bond acceptors (Lipinski definition) is 5. The number of likely N-dealkylation sites (tertiary alicyclic amines) is 1. The Morgan fingerprint density at radius 1 is 1.13 bits per heavy atom. The van der Waals surface area contributed by atoms with E-state index in [9.17, 15) is 35.6 Å². The summed E-state index contributed by atoms with van der Waals surface area (Å²) < 4.78 is 81.7. The molecular weight excluding hydrogens is 542 g/mol. The molecule has 3 heterocycles. The lowest BCUT2D eigenvalue weighted by atomic mass is 9.97. The molecule has 2 amide bonds. The van der Waals surface area contributed by atoms with Crippen LogP contribution in [0.5, 0.6) is 0 Å². The van der Waals surface area contributed by atoms with Crippen LogP contribution >= 0.6 is 0 Å². The van der Waals surface area contributed by atoms with Gasteiger partial charge in [0.15, 0.2) is 0 Å². The van der Waals surface area contributed by atoms with E-state index in [1.54, 1.807) is 6.92 Å². The van der Waals surface area contributed by atoms with E-state index in [-0.39, 0.29) is 50.0 Å². The molecule has 0 radical (unpaired) electrons. The largest absolute Gasteiger partial charge is 0.416 e. The van der Waals surface area contributed by atoms with Crippen molar-refractivity contribution in [2.75, 3.05) is 32.7 Å². The third kappa shape index (κ3) is 6.05. The SMILES string of the molecule is CC[C@@H](NC(=O)[C@H]1CCCN1C(=O)[C@H]1CCCN(S(=O)(=O)N2CC(C#N)C2)C1)c1ccc(C(F)(F)F)cc1F. The van der Waals surface area contributed by atoms with Crippen LogP contribution < -0.4 is 5.32 Å². The van der Waals surface area contributed by atoms with Gasteiger partial charge in [-0.1, -0.05) is 13.0 Å². The van der Waals surface area contributed by atoms with E-state index in [4.69, 9.17) is 5.26 Å². The Bertz CT molecular complexity index is 1250. The van der Waals surface area contributed by atoms with Crippen molar-refractivity contribution in [2.45, 2.75) is 57.3 Å². The number of benzene rings is 1. The summed E-state index contributed by atoms with van der Waals surface area (Å²) in [6.07, 6.45) is -2.63. The predicted octanol–water partition coefficient (Wildman–Crippen LogP) is 2.81. The maximum Gasteiger partial charge on any atom is 0.416 e. The Balaban J connectivity index is 1.42. The molecule has 3 fully saturated rings. The normalized spacial score (nSPS) is 24.2. The maximum absolute atomic E-state index is 14.6. The highest BCUT2D eigenvalue weighted by Crippen LogP contribution is 2.33. The molecule has 0 bridgehead atoms. The minimum absolute atomic E-state index is 0.0198. The average Bonchev–Trinajstić information content (AvgIpc) is 3.36. The summed E-state index contributed by atoms with van der Waals surface area (Å²) in [4.78, 5) is 28.1. The molecule has 4 rings (SSSR count). The van der Waals surface area contributed by atoms with Gasteiger partial charge in [-0.25, -0.2) is 4.39 Å². The first-order valence-corrected chi connectivity index (χ1v) is 14.4. The summed E-state index contributed by atoms with van der Waals surface area (Å²) in [6.45, 7) is 2.46. The lowest BCUT2D eigenvalue weighted by Crippen LogP contribution is -2.57. The number of hydrogen-bond donors (Lipinski definition) is 1. The van der Waals surface area contributed by atoms with Crippen molar-refractivity contribution in [1.82, 2.24) is 18.8 Å². The van der Waals surface area contributed by atoms with E-state index < -0.39 is 51.7 Å². The van der Waals surface area contributed by atoms with E-state index in [0.29, 0.717) is 38.3 Å². The zero-order chi connectivity index (χ0) is 28.5. The molecular formula is C25H31F4N5O4S. The molecule has 9 nitrogen and oxygen atoms in total. The molecule has 0 saturated carbocycles. The summed E-state index contributed by atoms with van der Waals surface area (Å²) >= 11 is 0. The molecule has 0 aliphatic carbocycles. The van der Waals surface area contributed by atoms with Gasteiger partial charge in [-0.05, 0) is 44.2 Å². The number of amides is 2. The van der Waals surface area contributed by atoms with Crippen molar-refractivity contribution < 1.29 is 35.6 Å². The fourth-order valence-corrected chi connectivity index (χ4v) is 7.21. The number of nitrogens with zero attached hydrogens (tertiary/aromatic N) is 4. The Morgan fingerprint density at radius 2 is 1.82 bits per heavy atom. The maximum atomic E-state index is 14.6. The van der Waals surface area contributed by atoms with Gasteiger partial charge < -0.3 is 10.2 Å². The van der Waals surface area contributed by atoms with Crippen LogP contribution in [0.1, 0.15) is 56.2 Å². The summed E-state index contributed by atoms with van der Waals surface area (Å²) in [5, 5.41) is 11.6. The Kier molecular flexibility index (Phi) is 8.53. The van der Waals surface area contributed by atoms with Crippen LogP contribution in [0.3, 0.4) is 0 Å². The van der Waals surface area contributed by atoms with Gasteiger partial charge in [0.25, 0.3) is 10.2 Å². The standard InChI is InChI=1S/C25H31F4N5O4S/c1-2-21(19-8-7-18(11-20(19)26)25(27,28)29)31-23(35)22-6-4-10-34(22)24(36)17-5-3-9-32(15-17)39(37,38)33-13-16(12-30)14-33/h7-8,11,16-17,21-22H,2-6,9-10,13-15H2,1H3,(H,31,35)/t17-,21+,22+/m0/s1. The smallest absolute Gasteiger partial charge is 0.347 e. The van der Waals surface area contributed by atoms with Gasteiger partial charge in [0.1, 0.15) is 11.9 Å². The second-order valence-corrected chi connectivity index (χ2v) is 12.2. The summed E-state index contributed by atoms with van der Waals surface area (Å²) in [5.41, 5.74) is -1.20. The lowest BCUT2D eigenvalue weighted by Gasteiger charge is -2.41. The van der Waals surface area contributed by atoms with Gasteiger partial charge in [0.2, 0.25) is 11.8 Å². The number of nitriles is 1. The number of carbonyl (C=O) groups is 2. The minimum atomic E-state index is -4.70. The molecule has 0 aromatic heterocycles. The first-order valence-electron chi connectivity index (χ1n) is 13.0. The second kappa shape index (κ2) is 11.4. The topological polar surface area (TPSA) is 114 Å². The molecule has 3 aliphatic heterocycles. The number of carbonyl (C=O) groups excluding carboxylic acids is 2. The van der Waals surface area contributed by atoms with Gasteiger partial charge in [-0.2, -0.15) is 35.5 Å². The van der Waals surface area contributed by atoms with Crippen molar-refractivity contribution in [3.8, 4) is 6.07 Å². The van der Waals surface area contributed by atoms with E-state index in [0.717, 1.165) is 12.1 Å². The van der Waals surface area contributed by atoms with Crippen molar-refractivity contribution in [2.24, 2.45) is 11.8 Å². The van der Waals surface area contributed by atoms with Crippen molar-refractivity contribution >= 4 is 22.0 Å². The van der Waals surface area contributed by atoms with E-state index in [1.165, 1.54) is 13.5 Å². The van der Waals surface area contributed by atoms with Gasteiger partial charge in [-0.3, -0.25) is 9.59 Å². The van der Waals surface area contributed by atoms with Crippen molar-refractivity contribution in [3.63, 3.8) is 0 Å². The molecule has 1 aromatic rings. The molecule has 214 valence electrons. The van der Waals surface area contributed by atoms with Gasteiger partial charge >= 0.3 is 6.18 Å². The molecule has 3 aliphatic rings.